The third-order valence-corrected chi connectivity index (χ3v) is 5.84. The molecule has 8 nitrogen and oxygen atoms in total. The van der Waals surface area contributed by atoms with Crippen LogP contribution in [0.3, 0.4) is 0 Å². The lowest BCUT2D eigenvalue weighted by molar-refractivity contribution is -0.116. The van der Waals surface area contributed by atoms with Gasteiger partial charge in [-0.3, -0.25) is 4.79 Å². The molecule has 1 aromatic heterocycles. The predicted octanol–water partition coefficient (Wildman–Crippen LogP) is 6.07. The Labute approximate surface area is 221 Å². The number of rotatable bonds is 8. The molecule has 0 aliphatic rings. The van der Waals surface area contributed by atoms with Crippen LogP contribution in [0.15, 0.2) is 59.1 Å². The van der Waals surface area contributed by atoms with Crippen LogP contribution in [-0.4, -0.2) is 46.8 Å². The second kappa shape index (κ2) is 11.6. The average molecular weight is 557 g/mol. The highest BCUT2D eigenvalue weighted by molar-refractivity contribution is 9.10. The van der Waals surface area contributed by atoms with Gasteiger partial charge >= 0.3 is 6.03 Å². The number of benzene rings is 2. The fourth-order valence-electron chi connectivity index (χ4n) is 3.54. The summed E-state index contributed by atoms with van der Waals surface area (Å²) in [5.41, 5.74) is 2.05. The molecule has 36 heavy (non-hydrogen) atoms. The number of ether oxygens (including phenoxy) is 1. The highest BCUT2D eigenvalue weighted by Gasteiger charge is 2.23. The number of hydrogen-bond acceptors (Lipinski definition) is 4. The molecule has 192 valence electrons. The lowest BCUT2D eigenvalue weighted by atomic mass is 9.92. The number of hydrogen-bond donors (Lipinski definition) is 2. The van der Waals surface area contributed by atoms with Crippen LogP contribution in [0.25, 0.3) is 5.69 Å². The molecule has 2 aromatic carbocycles. The molecule has 0 aliphatic heterocycles. The molecule has 0 fully saturated rings. The number of urea groups is 1. The van der Waals surface area contributed by atoms with Gasteiger partial charge in [-0.05, 0) is 48.4 Å². The molecule has 0 saturated heterocycles. The molecule has 0 atom stereocenters. The summed E-state index contributed by atoms with van der Waals surface area (Å²) in [5, 5.41) is 10.6. The third-order valence-electron chi connectivity index (χ3n) is 5.35. The average Bonchev–Trinajstić information content (AvgIpc) is 3.22. The van der Waals surface area contributed by atoms with Crippen molar-refractivity contribution in [2.45, 2.75) is 40.0 Å². The standard InChI is InChI=1S/C27H34BrN5O3/c1-18(2)16-32(26(35)29-20-9-7-8-19(28)14-20)17-25(34)30-24-15-23(27(3,4)5)31-33(24)21-10-12-22(36-6)13-11-21/h7-15,18H,16-17H2,1-6H3,(H,29,35)(H,30,34). The van der Waals surface area contributed by atoms with Crippen molar-refractivity contribution in [3.05, 3.63) is 64.8 Å². The lowest BCUT2D eigenvalue weighted by Gasteiger charge is -2.24. The van der Waals surface area contributed by atoms with E-state index >= 15 is 0 Å². The Morgan fingerprint density at radius 3 is 2.36 bits per heavy atom. The van der Waals surface area contributed by atoms with Crippen LogP contribution in [0.4, 0.5) is 16.3 Å². The Kier molecular flexibility index (Phi) is 8.79. The third kappa shape index (κ3) is 7.34. The number of carbonyl (C=O) groups excluding carboxylic acids is 2. The molecular weight excluding hydrogens is 522 g/mol. The number of anilines is 2. The van der Waals surface area contributed by atoms with Gasteiger partial charge in [-0.1, -0.05) is 56.6 Å². The first-order valence-electron chi connectivity index (χ1n) is 11.8. The second-order valence-electron chi connectivity index (χ2n) is 10.0. The largest absolute Gasteiger partial charge is 0.497 e. The summed E-state index contributed by atoms with van der Waals surface area (Å²) in [4.78, 5) is 27.7. The number of halogens is 1. The molecule has 0 bridgehead atoms. The minimum Gasteiger partial charge on any atom is -0.497 e. The molecule has 1 heterocycles. The van der Waals surface area contributed by atoms with Crippen molar-refractivity contribution in [1.29, 1.82) is 0 Å². The van der Waals surface area contributed by atoms with Gasteiger partial charge in [0.25, 0.3) is 0 Å². The molecule has 3 rings (SSSR count). The summed E-state index contributed by atoms with van der Waals surface area (Å²) in [5.74, 6) is 1.14. The van der Waals surface area contributed by atoms with Crippen molar-refractivity contribution in [2.24, 2.45) is 5.92 Å². The normalized spacial score (nSPS) is 11.3. The van der Waals surface area contributed by atoms with Gasteiger partial charge in [-0.25, -0.2) is 9.48 Å². The van der Waals surface area contributed by atoms with E-state index in [1.807, 2.05) is 62.4 Å². The topological polar surface area (TPSA) is 88.5 Å². The van der Waals surface area contributed by atoms with Crippen molar-refractivity contribution in [3.63, 3.8) is 0 Å². The van der Waals surface area contributed by atoms with Gasteiger partial charge in [-0.15, -0.1) is 0 Å². The molecule has 0 aliphatic carbocycles. The van der Waals surface area contributed by atoms with E-state index in [-0.39, 0.29) is 29.8 Å². The summed E-state index contributed by atoms with van der Waals surface area (Å²) in [6, 6.07) is 16.3. The number of nitrogens with one attached hydrogen (secondary N) is 2. The SMILES string of the molecule is COc1ccc(-n2nc(C(C)(C)C)cc2NC(=O)CN(CC(C)C)C(=O)Nc2cccc(Br)c2)cc1. The summed E-state index contributed by atoms with van der Waals surface area (Å²) in [7, 11) is 1.61. The van der Waals surface area contributed by atoms with Crippen molar-refractivity contribution < 1.29 is 14.3 Å². The molecular formula is C27H34BrN5O3. The highest BCUT2D eigenvalue weighted by atomic mass is 79.9. The van der Waals surface area contributed by atoms with E-state index in [1.165, 1.54) is 4.90 Å². The van der Waals surface area contributed by atoms with Crippen LogP contribution >= 0.6 is 15.9 Å². The van der Waals surface area contributed by atoms with E-state index in [2.05, 4.69) is 47.3 Å². The van der Waals surface area contributed by atoms with Crippen LogP contribution in [-0.2, 0) is 10.2 Å². The number of methoxy groups -OCH3 is 1. The van der Waals surface area contributed by atoms with E-state index in [4.69, 9.17) is 9.84 Å². The first-order chi connectivity index (χ1) is 17.0. The van der Waals surface area contributed by atoms with Crippen molar-refractivity contribution in [3.8, 4) is 11.4 Å². The Hall–Kier alpha value is -3.33. The van der Waals surface area contributed by atoms with E-state index in [9.17, 15) is 9.59 Å². The Morgan fingerprint density at radius 1 is 1.08 bits per heavy atom. The quantitative estimate of drug-likeness (QED) is 0.353. The van der Waals surface area contributed by atoms with Crippen LogP contribution < -0.4 is 15.4 Å². The summed E-state index contributed by atoms with van der Waals surface area (Å²) < 4.78 is 7.82. The highest BCUT2D eigenvalue weighted by Crippen LogP contribution is 2.27. The summed E-state index contributed by atoms with van der Waals surface area (Å²) in [6.45, 7) is 10.5. The second-order valence-corrected chi connectivity index (χ2v) is 11.0. The van der Waals surface area contributed by atoms with E-state index in [1.54, 1.807) is 17.9 Å². The molecule has 0 radical (unpaired) electrons. The zero-order valence-electron chi connectivity index (χ0n) is 21.6. The molecule has 0 unspecified atom stereocenters. The first kappa shape index (κ1) is 27.3. The van der Waals surface area contributed by atoms with Gasteiger partial charge < -0.3 is 20.3 Å². The van der Waals surface area contributed by atoms with Gasteiger partial charge in [0.2, 0.25) is 5.91 Å². The summed E-state index contributed by atoms with van der Waals surface area (Å²) in [6.07, 6.45) is 0. The van der Waals surface area contributed by atoms with Crippen LogP contribution in [0, 0.1) is 5.92 Å². The summed E-state index contributed by atoms with van der Waals surface area (Å²) >= 11 is 3.41. The fourth-order valence-corrected chi connectivity index (χ4v) is 3.94. The maximum Gasteiger partial charge on any atom is 0.322 e. The first-order valence-corrected chi connectivity index (χ1v) is 12.6. The maximum absolute atomic E-state index is 13.2. The minimum atomic E-state index is -0.337. The maximum atomic E-state index is 13.2. The molecule has 3 aromatic rings. The predicted molar refractivity (Wildman–Crippen MR) is 147 cm³/mol. The number of amides is 3. The van der Waals surface area contributed by atoms with Gasteiger partial charge in [0.15, 0.2) is 0 Å². The Bertz CT molecular complexity index is 1200. The Morgan fingerprint density at radius 2 is 1.78 bits per heavy atom. The fraction of sp³-hybridized carbons (Fsp3) is 0.370. The molecule has 0 spiro atoms. The van der Waals surface area contributed by atoms with Crippen LogP contribution in [0.1, 0.15) is 40.3 Å². The van der Waals surface area contributed by atoms with Crippen molar-refractivity contribution in [1.82, 2.24) is 14.7 Å². The van der Waals surface area contributed by atoms with Crippen LogP contribution in [0.5, 0.6) is 5.75 Å². The van der Waals surface area contributed by atoms with Gasteiger partial charge in [0.05, 0.1) is 18.5 Å². The smallest absolute Gasteiger partial charge is 0.322 e. The van der Waals surface area contributed by atoms with Crippen molar-refractivity contribution in [2.75, 3.05) is 30.8 Å². The van der Waals surface area contributed by atoms with Gasteiger partial charge in [0, 0.05) is 28.2 Å². The van der Waals surface area contributed by atoms with E-state index in [0.29, 0.717) is 18.1 Å². The van der Waals surface area contributed by atoms with E-state index in [0.717, 1.165) is 21.6 Å². The zero-order chi connectivity index (χ0) is 26.5. The molecule has 9 heteroatoms. The number of carbonyl (C=O) groups is 2. The zero-order valence-corrected chi connectivity index (χ0v) is 23.2. The molecule has 0 saturated carbocycles. The van der Waals surface area contributed by atoms with Crippen LogP contribution in [0.2, 0.25) is 0 Å². The Balaban J connectivity index is 1.82. The lowest BCUT2D eigenvalue weighted by Crippen LogP contribution is -2.42. The minimum absolute atomic E-state index is 0.101. The molecule has 2 N–H and O–H groups in total. The van der Waals surface area contributed by atoms with Crippen molar-refractivity contribution >= 4 is 39.4 Å². The molecule has 3 amide bonds. The monoisotopic (exact) mass is 555 g/mol. The van der Waals surface area contributed by atoms with Gasteiger partial charge in [-0.2, -0.15) is 5.10 Å². The van der Waals surface area contributed by atoms with Gasteiger partial charge in [0.1, 0.15) is 18.1 Å². The number of aromatic nitrogens is 2. The number of nitrogens with zero attached hydrogens (tertiary/aromatic N) is 3. The van der Waals surface area contributed by atoms with E-state index < -0.39 is 0 Å².